The van der Waals surface area contributed by atoms with Crippen LogP contribution in [0.2, 0.25) is 5.02 Å². The topological polar surface area (TPSA) is 70.7 Å². The van der Waals surface area contributed by atoms with E-state index in [1.54, 1.807) is 36.4 Å². The number of hydrogen-bond donors (Lipinski definition) is 2. The number of benzene rings is 2. The van der Waals surface area contributed by atoms with Gasteiger partial charge in [0.15, 0.2) is 0 Å². The van der Waals surface area contributed by atoms with Gasteiger partial charge in [0.25, 0.3) is 5.91 Å². The fraction of sp³-hybridized carbons (Fsp3) is 0.440. The van der Waals surface area contributed by atoms with E-state index < -0.39 is 0 Å². The van der Waals surface area contributed by atoms with Crippen molar-refractivity contribution in [2.45, 2.75) is 38.3 Å². The van der Waals surface area contributed by atoms with Crippen LogP contribution in [0.15, 0.2) is 42.5 Å². The molecule has 0 aromatic heterocycles. The van der Waals surface area contributed by atoms with Crippen molar-refractivity contribution in [2.75, 3.05) is 31.6 Å². The fourth-order valence-electron chi connectivity index (χ4n) is 4.39. The summed E-state index contributed by atoms with van der Waals surface area (Å²) in [6.07, 6.45) is 3.33. The van der Waals surface area contributed by atoms with E-state index >= 15 is 0 Å². The van der Waals surface area contributed by atoms with Gasteiger partial charge in [-0.2, -0.15) is 0 Å². The summed E-state index contributed by atoms with van der Waals surface area (Å²) in [6, 6.07) is 11.7. The normalized spacial score (nSPS) is 19.4. The van der Waals surface area contributed by atoms with E-state index in [-0.39, 0.29) is 29.7 Å². The molecule has 0 radical (unpaired) electrons. The fourth-order valence-corrected chi connectivity index (χ4v) is 4.62. The van der Waals surface area contributed by atoms with Crippen LogP contribution < -0.4 is 10.6 Å². The Labute approximate surface area is 198 Å². The van der Waals surface area contributed by atoms with Crippen LogP contribution in [0.1, 0.15) is 41.6 Å². The maximum atomic E-state index is 14.1. The van der Waals surface area contributed by atoms with E-state index in [2.05, 4.69) is 15.5 Å². The summed E-state index contributed by atoms with van der Waals surface area (Å²) in [4.78, 5) is 27.7. The van der Waals surface area contributed by atoms with Crippen LogP contribution in [0, 0.1) is 11.7 Å². The van der Waals surface area contributed by atoms with E-state index in [4.69, 9.17) is 16.3 Å². The van der Waals surface area contributed by atoms with Crippen molar-refractivity contribution in [3.63, 3.8) is 0 Å². The highest BCUT2D eigenvalue weighted by molar-refractivity contribution is 6.31. The number of carbonyl (C=O) groups excluding carboxylic acids is 2. The van der Waals surface area contributed by atoms with Gasteiger partial charge in [0, 0.05) is 36.2 Å². The van der Waals surface area contributed by atoms with Gasteiger partial charge in [-0.15, -0.1) is 0 Å². The molecule has 2 amide bonds. The van der Waals surface area contributed by atoms with Gasteiger partial charge in [-0.25, -0.2) is 4.39 Å². The molecule has 33 heavy (non-hydrogen) atoms. The van der Waals surface area contributed by atoms with E-state index in [1.807, 2.05) is 0 Å². The smallest absolute Gasteiger partial charge is 0.253 e. The lowest BCUT2D eigenvalue weighted by Gasteiger charge is -2.31. The van der Waals surface area contributed by atoms with Crippen molar-refractivity contribution in [1.82, 2.24) is 10.2 Å². The number of rotatable bonds is 7. The van der Waals surface area contributed by atoms with Crippen molar-refractivity contribution in [2.24, 2.45) is 5.92 Å². The SMILES string of the molecule is O=C(NC[C@@H]1CCCO1)c1ccccc1NC(=O)C1CCN(Cc2c(F)cccc2Cl)CC1. The molecule has 2 aliphatic rings. The molecular formula is C25H29ClFN3O3. The lowest BCUT2D eigenvalue weighted by molar-refractivity contribution is -0.121. The number of halogens is 2. The van der Waals surface area contributed by atoms with Crippen LogP contribution in [0.5, 0.6) is 0 Å². The second-order valence-electron chi connectivity index (χ2n) is 8.63. The van der Waals surface area contributed by atoms with Crippen LogP contribution in [-0.4, -0.2) is 49.1 Å². The maximum absolute atomic E-state index is 14.1. The van der Waals surface area contributed by atoms with Gasteiger partial charge in [-0.3, -0.25) is 14.5 Å². The number of nitrogens with zero attached hydrogens (tertiary/aromatic N) is 1. The monoisotopic (exact) mass is 473 g/mol. The molecule has 2 aromatic carbocycles. The van der Waals surface area contributed by atoms with Gasteiger partial charge < -0.3 is 15.4 Å². The van der Waals surface area contributed by atoms with E-state index in [0.717, 1.165) is 19.4 Å². The minimum atomic E-state index is -0.309. The Morgan fingerprint density at radius 2 is 1.88 bits per heavy atom. The molecule has 0 bridgehead atoms. The first-order valence-corrected chi connectivity index (χ1v) is 11.8. The molecule has 4 rings (SSSR count). The molecule has 1 atom stereocenters. The predicted octanol–water partition coefficient (Wildman–Crippen LogP) is 4.24. The molecule has 0 unspecified atom stereocenters. The first-order valence-electron chi connectivity index (χ1n) is 11.5. The van der Waals surface area contributed by atoms with Crippen LogP contribution in [0.4, 0.5) is 10.1 Å². The summed E-state index contributed by atoms with van der Waals surface area (Å²) in [5.41, 5.74) is 1.44. The average Bonchev–Trinajstić information content (AvgIpc) is 3.34. The molecule has 2 aliphatic heterocycles. The molecular weight excluding hydrogens is 445 g/mol. The van der Waals surface area contributed by atoms with Gasteiger partial charge in [0.2, 0.25) is 5.91 Å². The summed E-state index contributed by atoms with van der Waals surface area (Å²) in [6.45, 7) is 2.97. The van der Waals surface area contributed by atoms with Gasteiger partial charge in [-0.05, 0) is 63.0 Å². The minimum absolute atomic E-state index is 0.0557. The molecule has 0 saturated carbocycles. The number of hydrogen-bond acceptors (Lipinski definition) is 4. The molecule has 0 spiro atoms. The van der Waals surface area contributed by atoms with E-state index in [9.17, 15) is 14.0 Å². The Hall–Kier alpha value is -2.48. The second-order valence-corrected chi connectivity index (χ2v) is 9.04. The van der Waals surface area contributed by atoms with Crippen molar-refractivity contribution in [1.29, 1.82) is 0 Å². The second kappa shape index (κ2) is 11.1. The highest BCUT2D eigenvalue weighted by Gasteiger charge is 2.27. The van der Waals surface area contributed by atoms with Crippen molar-refractivity contribution < 1.29 is 18.7 Å². The summed E-state index contributed by atoms with van der Waals surface area (Å²) in [7, 11) is 0. The van der Waals surface area contributed by atoms with Gasteiger partial charge >= 0.3 is 0 Å². The lowest BCUT2D eigenvalue weighted by atomic mass is 9.95. The summed E-state index contributed by atoms with van der Waals surface area (Å²) in [5.74, 6) is -0.798. The van der Waals surface area contributed by atoms with Crippen LogP contribution >= 0.6 is 11.6 Å². The zero-order valence-electron chi connectivity index (χ0n) is 18.5. The molecule has 2 heterocycles. The number of carbonyl (C=O) groups is 2. The molecule has 2 fully saturated rings. The number of piperidine rings is 1. The Morgan fingerprint density at radius 3 is 2.61 bits per heavy atom. The Bertz CT molecular complexity index is 968. The van der Waals surface area contributed by atoms with Gasteiger partial charge in [-0.1, -0.05) is 29.8 Å². The van der Waals surface area contributed by atoms with E-state index in [1.165, 1.54) is 6.07 Å². The zero-order chi connectivity index (χ0) is 23.2. The summed E-state index contributed by atoms with van der Waals surface area (Å²) in [5, 5.41) is 6.27. The average molecular weight is 474 g/mol. The summed E-state index contributed by atoms with van der Waals surface area (Å²) >= 11 is 6.15. The summed E-state index contributed by atoms with van der Waals surface area (Å²) < 4.78 is 19.6. The molecule has 8 heteroatoms. The molecule has 0 aliphatic carbocycles. The van der Waals surface area contributed by atoms with Gasteiger partial charge in [0.1, 0.15) is 5.82 Å². The zero-order valence-corrected chi connectivity index (χ0v) is 19.2. The lowest BCUT2D eigenvalue weighted by Crippen LogP contribution is -2.38. The number of amides is 2. The maximum Gasteiger partial charge on any atom is 0.253 e. The Morgan fingerprint density at radius 1 is 1.09 bits per heavy atom. The number of nitrogens with one attached hydrogen (secondary N) is 2. The Balaban J connectivity index is 1.30. The third-order valence-corrected chi connectivity index (χ3v) is 6.70. The molecule has 176 valence electrons. The van der Waals surface area contributed by atoms with Crippen molar-refractivity contribution in [3.8, 4) is 0 Å². The molecule has 2 N–H and O–H groups in total. The van der Waals surface area contributed by atoms with E-state index in [0.29, 0.717) is 60.9 Å². The largest absolute Gasteiger partial charge is 0.376 e. The standard InChI is InChI=1S/C25H29ClFN3O3/c26-21-7-3-8-22(27)20(21)16-30-12-10-17(11-13-30)24(31)29-23-9-2-1-6-19(23)25(32)28-15-18-5-4-14-33-18/h1-3,6-9,17-18H,4-5,10-16H2,(H,28,32)(H,29,31)/t18-/m0/s1. The highest BCUT2D eigenvalue weighted by Crippen LogP contribution is 2.26. The van der Waals surface area contributed by atoms with Crippen LogP contribution in [0.25, 0.3) is 0 Å². The van der Waals surface area contributed by atoms with Crippen molar-refractivity contribution in [3.05, 3.63) is 64.4 Å². The number of anilines is 1. The quantitative estimate of drug-likeness (QED) is 0.631. The number of para-hydroxylation sites is 1. The van der Waals surface area contributed by atoms with Crippen molar-refractivity contribution >= 4 is 29.1 Å². The van der Waals surface area contributed by atoms with Crippen LogP contribution in [0.3, 0.4) is 0 Å². The predicted molar refractivity (Wildman–Crippen MR) is 126 cm³/mol. The third-order valence-electron chi connectivity index (χ3n) is 6.35. The first-order chi connectivity index (χ1) is 16.0. The first kappa shape index (κ1) is 23.7. The Kier molecular flexibility index (Phi) is 7.96. The third kappa shape index (κ3) is 6.10. The number of ether oxygens (including phenoxy) is 1. The highest BCUT2D eigenvalue weighted by atomic mass is 35.5. The minimum Gasteiger partial charge on any atom is -0.376 e. The molecule has 2 aromatic rings. The molecule has 2 saturated heterocycles. The van der Waals surface area contributed by atoms with Gasteiger partial charge in [0.05, 0.1) is 17.4 Å². The van der Waals surface area contributed by atoms with Crippen LogP contribution in [-0.2, 0) is 16.1 Å². The number of likely N-dealkylation sites (tertiary alicyclic amines) is 1. The molecule has 6 nitrogen and oxygen atoms in total.